The first-order chi connectivity index (χ1) is 3.00. The van der Waals surface area contributed by atoms with Crippen LogP contribution in [0.1, 0.15) is 0 Å². The summed E-state index contributed by atoms with van der Waals surface area (Å²) in [7, 11) is -4.64. The molecule has 0 saturated heterocycles. The molecule has 0 aliphatic rings. The van der Waals surface area contributed by atoms with E-state index in [1.165, 1.54) is 27.9 Å². The summed E-state index contributed by atoms with van der Waals surface area (Å²) in [5, 5.41) is 0. The predicted octanol–water partition coefficient (Wildman–Crippen LogP) is -0.728. The van der Waals surface area contributed by atoms with Crippen LogP contribution in [0, 0.1) is 0 Å². The number of rotatable bonds is 0. The van der Waals surface area contributed by atoms with Crippen molar-refractivity contribution in [3.63, 3.8) is 0 Å². The van der Waals surface area contributed by atoms with Gasteiger partial charge < -0.3 is 14.7 Å². The molecule has 4 nitrogen and oxygen atoms in total. The molecule has 0 bridgehead atoms. The largest absolute Gasteiger partial charge is 0 e. The van der Waals surface area contributed by atoms with Crippen molar-refractivity contribution in [1.29, 1.82) is 0 Å². The fourth-order valence-corrected chi connectivity index (χ4v) is 0. The molecule has 0 aromatic heterocycles. The molecule has 0 fully saturated rings. The van der Waals surface area contributed by atoms with E-state index in [9.17, 15) is 0 Å². The van der Waals surface area contributed by atoms with E-state index < -0.39 is 7.82 Å². The summed E-state index contributed by atoms with van der Waals surface area (Å²) >= 11 is 1.31. The maximum absolute atomic E-state index is 8.88. The van der Waals surface area contributed by atoms with Gasteiger partial charge in [-0.15, -0.1) is 0 Å². The first-order valence-corrected chi connectivity index (χ1v) is 5.35. The Labute approximate surface area is 78.1 Å². The molecule has 0 aliphatic carbocycles. The van der Waals surface area contributed by atoms with Gasteiger partial charge in [0.2, 0.25) is 0 Å². The smallest absolute Gasteiger partial charge is 0 e. The Morgan fingerprint density at radius 3 is 1.25 bits per heavy atom. The van der Waals surface area contributed by atoms with Gasteiger partial charge in [-0.3, -0.25) is 0 Å². The number of phosphoric acid groups is 1. The second-order valence-electron chi connectivity index (χ2n) is 0.513. The maximum atomic E-state index is 8.88. The molecule has 42 valence electrons. The SMILES string of the molecule is O=P(O)(O)O.[CH3][Na].[Zn]. The van der Waals surface area contributed by atoms with Crippen LogP contribution in [0.3, 0.4) is 0 Å². The van der Waals surface area contributed by atoms with Crippen molar-refractivity contribution in [2.24, 2.45) is 0 Å². The monoisotopic (exact) mass is 200 g/mol. The fourth-order valence-electron chi connectivity index (χ4n) is 0. The molecular formula is CH6NaO4PZn. The molecule has 0 amide bonds. The molecule has 0 aliphatic heterocycles. The van der Waals surface area contributed by atoms with Gasteiger partial charge in [-0.05, 0) is 0 Å². The molecule has 7 heteroatoms. The molecular weight excluding hydrogens is 195 g/mol. The van der Waals surface area contributed by atoms with Crippen molar-refractivity contribution in [2.45, 2.75) is 4.17 Å². The predicted molar refractivity (Wildman–Crippen MR) is 25.9 cm³/mol. The first-order valence-electron chi connectivity index (χ1n) is 1.78. The zero-order valence-corrected chi connectivity index (χ0v) is 10.8. The van der Waals surface area contributed by atoms with Crippen molar-refractivity contribution < 1.29 is 38.7 Å². The Kier molecular flexibility index (Phi) is 17.9. The zero-order chi connectivity index (χ0) is 6.50. The molecule has 0 heterocycles. The van der Waals surface area contributed by atoms with E-state index in [0.29, 0.717) is 0 Å². The summed E-state index contributed by atoms with van der Waals surface area (Å²) in [4.78, 5) is 21.6. The van der Waals surface area contributed by atoms with E-state index in [4.69, 9.17) is 19.2 Å². The van der Waals surface area contributed by atoms with Crippen molar-refractivity contribution >= 4 is 35.8 Å². The normalized spacial score (nSPS) is 8.25. The topological polar surface area (TPSA) is 77.8 Å². The Balaban J connectivity index is -0.0000000750. The van der Waals surface area contributed by atoms with Crippen molar-refractivity contribution in [2.75, 3.05) is 0 Å². The van der Waals surface area contributed by atoms with Crippen LogP contribution in [0.4, 0.5) is 0 Å². The van der Waals surface area contributed by atoms with E-state index in [0.717, 1.165) is 0 Å². The minimum Gasteiger partial charge on any atom is 0 e. The third-order valence-corrected chi connectivity index (χ3v) is 0. The van der Waals surface area contributed by atoms with Crippen molar-refractivity contribution in [1.82, 2.24) is 0 Å². The van der Waals surface area contributed by atoms with Gasteiger partial charge in [0, 0.05) is 19.5 Å². The van der Waals surface area contributed by atoms with Gasteiger partial charge in [0.15, 0.2) is 0 Å². The molecule has 0 atom stereocenters. The summed E-state index contributed by atoms with van der Waals surface area (Å²) in [5.74, 6) is 0. The Morgan fingerprint density at radius 1 is 1.25 bits per heavy atom. The molecule has 0 radical (unpaired) electrons. The van der Waals surface area contributed by atoms with Gasteiger partial charge in [-0.2, -0.15) is 0 Å². The van der Waals surface area contributed by atoms with Crippen molar-refractivity contribution in [3.8, 4) is 0 Å². The Bertz CT molecular complexity index is 62.2. The van der Waals surface area contributed by atoms with Gasteiger partial charge in [0.25, 0.3) is 0 Å². The summed E-state index contributed by atoms with van der Waals surface area (Å²) in [5.41, 5.74) is 0. The maximum Gasteiger partial charge on any atom is 0 e. The van der Waals surface area contributed by atoms with E-state index in [1.807, 2.05) is 0 Å². The summed E-state index contributed by atoms with van der Waals surface area (Å²) < 4.78 is 11.0. The van der Waals surface area contributed by atoms with Crippen LogP contribution in [-0.4, -0.2) is 42.6 Å². The average Bonchev–Trinajstić information content (AvgIpc) is 1.36. The molecule has 3 N–H and O–H groups in total. The van der Waals surface area contributed by atoms with Crippen LogP contribution in [0.25, 0.3) is 0 Å². The standard InChI is InChI=1S/CH3.Na.H3O4P.Zn/c;;1-5(2,3)4;/h1H3;;(H3,1,2,3,4);. The van der Waals surface area contributed by atoms with E-state index in [2.05, 4.69) is 4.17 Å². The third kappa shape index (κ3) is 117. The van der Waals surface area contributed by atoms with Gasteiger partial charge in [-0.1, -0.05) is 0 Å². The van der Waals surface area contributed by atoms with Crippen LogP contribution in [0.15, 0.2) is 0 Å². The summed E-state index contributed by atoms with van der Waals surface area (Å²) in [6.45, 7) is 0. The molecule has 0 rings (SSSR count). The third-order valence-electron chi connectivity index (χ3n) is 0. The zero-order valence-electron chi connectivity index (χ0n) is 4.90. The quantitative estimate of drug-likeness (QED) is 0.357. The van der Waals surface area contributed by atoms with E-state index in [1.54, 1.807) is 0 Å². The van der Waals surface area contributed by atoms with Crippen LogP contribution in [0.2, 0.25) is 4.17 Å². The molecule has 0 spiro atoms. The molecule has 0 saturated carbocycles. The molecule has 0 aromatic carbocycles. The van der Waals surface area contributed by atoms with Gasteiger partial charge in [-0.25, -0.2) is 4.57 Å². The van der Waals surface area contributed by atoms with Crippen LogP contribution in [0.5, 0.6) is 0 Å². The summed E-state index contributed by atoms with van der Waals surface area (Å²) in [6, 6.07) is 0. The van der Waals surface area contributed by atoms with Gasteiger partial charge in [0.1, 0.15) is 0 Å². The first kappa shape index (κ1) is 16.4. The molecule has 0 aromatic rings. The second-order valence-corrected chi connectivity index (χ2v) is 1.54. The fraction of sp³-hybridized carbons (Fsp3) is 1.00. The molecule has 8 heavy (non-hydrogen) atoms. The minimum atomic E-state index is -4.64. The van der Waals surface area contributed by atoms with Gasteiger partial charge >= 0.3 is 39.9 Å². The number of hydrogen-bond donors (Lipinski definition) is 3. The van der Waals surface area contributed by atoms with Crippen LogP contribution >= 0.6 is 7.82 Å². The van der Waals surface area contributed by atoms with Crippen LogP contribution in [-0.2, 0) is 24.0 Å². The minimum absolute atomic E-state index is 0. The Morgan fingerprint density at radius 2 is 1.25 bits per heavy atom. The number of hydrogen-bond acceptors (Lipinski definition) is 1. The van der Waals surface area contributed by atoms with Crippen molar-refractivity contribution in [3.05, 3.63) is 0 Å². The average molecular weight is 201 g/mol. The molecule has 0 unspecified atom stereocenters. The van der Waals surface area contributed by atoms with E-state index >= 15 is 0 Å². The Hall–Kier alpha value is 1.73. The summed E-state index contributed by atoms with van der Waals surface area (Å²) in [6.07, 6.45) is 0. The van der Waals surface area contributed by atoms with Crippen LogP contribution < -0.4 is 0 Å². The van der Waals surface area contributed by atoms with Gasteiger partial charge in [0.05, 0.1) is 0 Å². The second kappa shape index (κ2) is 8.73. The van der Waals surface area contributed by atoms with E-state index in [-0.39, 0.29) is 19.5 Å².